The molecule has 2 N–H and O–H groups in total. The molecule has 1 aromatic carbocycles. The molecule has 0 spiro atoms. The van der Waals surface area contributed by atoms with Crippen LogP contribution in [0, 0.1) is 0 Å². The number of Topliss-reactive ketones (excluding diaryl/α,β-unsaturated/α-hetero) is 3. The van der Waals surface area contributed by atoms with Gasteiger partial charge in [-0.1, -0.05) is 12.1 Å². The van der Waals surface area contributed by atoms with E-state index in [4.69, 9.17) is 4.74 Å². The number of ether oxygens (including phenoxy) is 1. The molecule has 6 nitrogen and oxygen atoms in total. The number of fused-ring (bicyclic) bond motifs is 5. The molecule has 1 saturated carbocycles. The van der Waals surface area contributed by atoms with E-state index in [-0.39, 0.29) is 5.78 Å². The van der Waals surface area contributed by atoms with Crippen molar-refractivity contribution in [3.8, 4) is 0 Å². The quantitative estimate of drug-likeness (QED) is 0.770. The monoisotopic (exact) mass is 330 g/mol. The molecule has 24 heavy (non-hydrogen) atoms. The number of carbonyl (C=O) groups excluding carboxylic acids is 3. The second-order valence-electron chi connectivity index (χ2n) is 7.07. The van der Waals surface area contributed by atoms with Gasteiger partial charge in [0.05, 0.1) is 11.5 Å². The van der Waals surface area contributed by atoms with Crippen molar-refractivity contribution in [1.29, 1.82) is 0 Å². The Kier molecular flexibility index (Phi) is 2.99. The third-order valence-electron chi connectivity index (χ3n) is 6.12. The molecule has 0 saturated heterocycles. The first kappa shape index (κ1) is 15.6. The molecular formula is C18H18O6. The zero-order valence-electron chi connectivity index (χ0n) is 13.5. The van der Waals surface area contributed by atoms with Crippen molar-refractivity contribution in [2.45, 2.75) is 49.4 Å². The minimum Gasteiger partial charge on any atom is -0.389 e. The van der Waals surface area contributed by atoms with Gasteiger partial charge in [0.15, 0.2) is 17.3 Å². The number of methoxy groups -OCH3 is 1. The second kappa shape index (κ2) is 4.59. The Balaban J connectivity index is 2.00. The Hall–Kier alpha value is -1.89. The predicted octanol–water partition coefficient (Wildman–Crippen LogP) is 0.349. The highest BCUT2D eigenvalue weighted by atomic mass is 16.5. The molecule has 4 unspecified atom stereocenters. The Morgan fingerprint density at radius 3 is 2.58 bits per heavy atom. The highest BCUT2D eigenvalue weighted by molar-refractivity contribution is 6.15. The van der Waals surface area contributed by atoms with Crippen molar-refractivity contribution in [1.82, 2.24) is 0 Å². The SMILES string of the molecule is COC1C(=O)CC2(O)C(=O)c3c(ccc4c3CCC4=O)C2(C)C1O. The summed E-state index contributed by atoms with van der Waals surface area (Å²) in [6.07, 6.45) is -2.09. The van der Waals surface area contributed by atoms with Crippen LogP contribution in [0.2, 0.25) is 0 Å². The Labute approximate surface area is 138 Å². The Morgan fingerprint density at radius 1 is 1.21 bits per heavy atom. The highest BCUT2D eigenvalue weighted by Crippen LogP contribution is 2.55. The van der Waals surface area contributed by atoms with Gasteiger partial charge in [0.2, 0.25) is 0 Å². The van der Waals surface area contributed by atoms with Crippen LogP contribution in [0.25, 0.3) is 0 Å². The van der Waals surface area contributed by atoms with E-state index in [0.29, 0.717) is 35.1 Å². The van der Waals surface area contributed by atoms with Crippen molar-refractivity contribution in [2.24, 2.45) is 0 Å². The van der Waals surface area contributed by atoms with Crippen molar-refractivity contribution >= 4 is 17.3 Å². The van der Waals surface area contributed by atoms with E-state index in [0.717, 1.165) is 0 Å². The topological polar surface area (TPSA) is 101 Å². The molecule has 1 fully saturated rings. The third kappa shape index (κ3) is 1.49. The largest absolute Gasteiger partial charge is 0.389 e. The second-order valence-corrected chi connectivity index (χ2v) is 7.07. The zero-order valence-corrected chi connectivity index (χ0v) is 13.5. The van der Waals surface area contributed by atoms with Gasteiger partial charge in [-0.25, -0.2) is 0 Å². The molecule has 1 aromatic rings. The van der Waals surface area contributed by atoms with Crippen molar-refractivity contribution < 1.29 is 29.3 Å². The summed E-state index contributed by atoms with van der Waals surface area (Å²) in [5.74, 6) is -1.11. The van der Waals surface area contributed by atoms with E-state index < -0.39 is 41.2 Å². The Bertz CT molecular complexity index is 812. The average Bonchev–Trinajstić information content (AvgIpc) is 2.99. The molecule has 3 aliphatic rings. The van der Waals surface area contributed by atoms with Crippen LogP contribution in [0.3, 0.4) is 0 Å². The molecule has 126 valence electrons. The van der Waals surface area contributed by atoms with Crippen LogP contribution in [0.1, 0.15) is 51.6 Å². The van der Waals surface area contributed by atoms with Crippen LogP contribution in [-0.4, -0.2) is 52.5 Å². The summed E-state index contributed by atoms with van der Waals surface area (Å²) < 4.78 is 5.12. The number of carbonyl (C=O) groups is 3. The first-order chi connectivity index (χ1) is 11.3. The molecule has 4 rings (SSSR count). The maximum absolute atomic E-state index is 13.0. The maximum atomic E-state index is 13.0. The van der Waals surface area contributed by atoms with Gasteiger partial charge in [0.1, 0.15) is 11.7 Å². The molecule has 0 bridgehead atoms. The van der Waals surface area contributed by atoms with Gasteiger partial charge < -0.3 is 14.9 Å². The first-order valence-electron chi connectivity index (χ1n) is 7.97. The summed E-state index contributed by atoms with van der Waals surface area (Å²) in [6, 6.07) is 3.28. The number of rotatable bonds is 1. The smallest absolute Gasteiger partial charge is 0.196 e. The normalized spacial score (nSPS) is 37.4. The van der Waals surface area contributed by atoms with Crippen molar-refractivity contribution in [2.75, 3.05) is 7.11 Å². The molecular weight excluding hydrogens is 312 g/mol. The van der Waals surface area contributed by atoms with Crippen LogP contribution >= 0.6 is 0 Å². The summed E-state index contributed by atoms with van der Waals surface area (Å²) in [5.41, 5.74) is -1.45. The van der Waals surface area contributed by atoms with Crippen molar-refractivity contribution in [3.63, 3.8) is 0 Å². The molecule has 0 amide bonds. The minimum atomic E-state index is -2.01. The number of hydrogen-bond donors (Lipinski definition) is 2. The van der Waals surface area contributed by atoms with Gasteiger partial charge >= 0.3 is 0 Å². The van der Waals surface area contributed by atoms with Gasteiger partial charge in [-0.2, -0.15) is 0 Å². The molecule has 0 aliphatic heterocycles. The third-order valence-corrected chi connectivity index (χ3v) is 6.12. The summed E-state index contributed by atoms with van der Waals surface area (Å²) in [7, 11) is 1.32. The highest BCUT2D eigenvalue weighted by Gasteiger charge is 2.69. The van der Waals surface area contributed by atoms with Crippen LogP contribution in [-0.2, 0) is 21.4 Å². The molecule has 0 heterocycles. The minimum absolute atomic E-state index is 0.0287. The lowest BCUT2D eigenvalue weighted by Gasteiger charge is -2.48. The number of hydrogen-bond acceptors (Lipinski definition) is 6. The number of aliphatic hydroxyl groups is 2. The van der Waals surface area contributed by atoms with E-state index in [1.54, 1.807) is 19.1 Å². The van der Waals surface area contributed by atoms with Gasteiger partial charge in [-0.15, -0.1) is 0 Å². The van der Waals surface area contributed by atoms with Gasteiger partial charge in [-0.05, 0) is 24.5 Å². The van der Waals surface area contributed by atoms with Crippen LogP contribution < -0.4 is 0 Å². The zero-order chi connectivity index (χ0) is 17.4. The maximum Gasteiger partial charge on any atom is 0.196 e. The van der Waals surface area contributed by atoms with Crippen LogP contribution in [0.4, 0.5) is 0 Å². The number of aliphatic hydroxyl groups excluding tert-OH is 1. The number of ketones is 3. The fourth-order valence-electron chi connectivity index (χ4n) is 4.66. The molecule has 0 aromatic heterocycles. The van der Waals surface area contributed by atoms with E-state index in [2.05, 4.69) is 0 Å². The lowest BCUT2D eigenvalue weighted by Crippen LogP contribution is -2.66. The van der Waals surface area contributed by atoms with Gasteiger partial charge in [0, 0.05) is 31.1 Å². The summed E-state index contributed by atoms with van der Waals surface area (Å²) in [6.45, 7) is 1.59. The molecule has 4 atom stereocenters. The summed E-state index contributed by atoms with van der Waals surface area (Å²) >= 11 is 0. The summed E-state index contributed by atoms with van der Waals surface area (Å²) in [5, 5.41) is 21.9. The van der Waals surface area contributed by atoms with Gasteiger partial charge in [0.25, 0.3) is 0 Å². The van der Waals surface area contributed by atoms with E-state index in [1.165, 1.54) is 7.11 Å². The van der Waals surface area contributed by atoms with Crippen LogP contribution in [0.15, 0.2) is 12.1 Å². The first-order valence-corrected chi connectivity index (χ1v) is 7.97. The van der Waals surface area contributed by atoms with Crippen molar-refractivity contribution in [3.05, 3.63) is 34.4 Å². The standard InChI is InChI=1S/C18H18O6/c1-17-10-5-3-8-9(4-6-11(8)19)13(10)15(21)18(17,23)7-12(20)14(24-2)16(17)22/h3,5,14,16,22-23H,4,6-7H2,1-2H3. The molecule has 6 heteroatoms. The fourth-order valence-corrected chi connectivity index (χ4v) is 4.66. The van der Waals surface area contributed by atoms with Gasteiger partial charge in [-0.3, -0.25) is 14.4 Å². The Morgan fingerprint density at radius 2 is 1.92 bits per heavy atom. The van der Waals surface area contributed by atoms with E-state index in [1.807, 2.05) is 0 Å². The lowest BCUT2D eigenvalue weighted by molar-refractivity contribution is -0.168. The van der Waals surface area contributed by atoms with E-state index in [9.17, 15) is 24.6 Å². The fraction of sp³-hybridized carbons (Fsp3) is 0.500. The van der Waals surface area contributed by atoms with E-state index >= 15 is 0 Å². The molecule has 3 aliphatic carbocycles. The lowest BCUT2D eigenvalue weighted by atomic mass is 9.61. The predicted molar refractivity (Wildman–Crippen MR) is 82.2 cm³/mol. The van der Waals surface area contributed by atoms with Crippen LogP contribution in [0.5, 0.6) is 0 Å². The summed E-state index contributed by atoms with van der Waals surface area (Å²) in [4.78, 5) is 37.3. The molecule has 0 radical (unpaired) electrons. The number of benzene rings is 1. The average molecular weight is 330 g/mol.